The topological polar surface area (TPSA) is 49.3 Å². The number of aliphatic hydroxyl groups is 1. The van der Waals surface area contributed by atoms with Crippen LogP contribution in [0, 0.1) is 11.6 Å². The van der Waals surface area contributed by atoms with Gasteiger partial charge in [0, 0.05) is 10.5 Å². The second-order valence-corrected chi connectivity index (χ2v) is 4.61. The molecule has 0 unspecified atom stereocenters. The third-order valence-corrected chi connectivity index (χ3v) is 2.43. The van der Waals surface area contributed by atoms with Crippen molar-refractivity contribution in [3.05, 3.63) is 28.2 Å². The number of carbonyl (C=O) groups is 1. The maximum atomic E-state index is 13.3. The molecule has 0 aliphatic heterocycles. The molecule has 3 nitrogen and oxygen atoms in total. The van der Waals surface area contributed by atoms with Gasteiger partial charge in [0.1, 0.15) is 11.4 Å². The molecule has 0 aliphatic carbocycles. The summed E-state index contributed by atoms with van der Waals surface area (Å²) in [6.07, 6.45) is 0. The Kier molecular flexibility index (Phi) is 3.64. The molecule has 0 saturated heterocycles. The van der Waals surface area contributed by atoms with Crippen LogP contribution in [0.25, 0.3) is 0 Å². The molecule has 0 aromatic heterocycles. The molecule has 88 valence electrons. The van der Waals surface area contributed by atoms with Crippen LogP contribution in [0.4, 0.5) is 14.5 Å². The molecular weight excluding hydrogens is 284 g/mol. The van der Waals surface area contributed by atoms with Gasteiger partial charge in [-0.3, -0.25) is 4.79 Å². The summed E-state index contributed by atoms with van der Waals surface area (Å²) < 4.78 is 26.1. The Bertz CT molecular complexity index is 406. The highest BCUT2D eigenvalue weighted by Crippen LogP contribution is 2.27. The summed E-state index contributed by atoms with van der Waals surface area (Å²) in [5.74, 6) is -2.45. The molecule has 1 aromatic carbocycles. The first kappa shape index (κ1) is 13.1. The summed E-state index contributed by atoms with van der Waals surface area (Å²) in [6, 6.07) is 1.66. The molecule has 16 heavy (non-hydrogen) atoms. The van der Waals surface area contributed by atoms with E-state index < -0.39 is 23.1 Å². The van der Waals surface area contributed by atoms with E-state index in [0.717, 1.165) is 6.07 Å². The number of carbonyl (C=O) groups excluding carboxylic acids is 1. The van der Waals surface area contributed by atoms with Crippen LogP contribution in [0.5, 0.6) is 0 Å². The van der Waals surface area contributed by atoms with Crippen molar-refractivity contribution >= 4 is 27.5 Å². The van der Waals surface area contributed by atoms with Gasteiger partial charge >= 0.3 is 0 Å². The van der Waals surface area contributed by atoms with E-state index >= 15 is 0 Å². The standard InChI is InChI=1S/C10H10BrF2NO2/c1-10(2,16)9(15)14-8-6(11)3-5(12)4-7(8)13/h3-4,16H,1-2H3,(H,14,15). The fraction of sp³-hybridized carbons (Fsp3) is 0.300. The van der Waals surface area contributed by atoms with Crippen molar-refractivity contribution in [2.75, 3.05) is 5.32 Å². The monoisotopic (exact) mass is 293 g/mol. The normalized spacial score (nSPS) is 11.4. The van der Waals surface area contributed by atoms with E-state index in [0.29, 0.717) is 6.07 Å². The molecule has 1 amide bonds. The van der Waals surface area contributed by atoms with Gasteiger partial charge in [-0.1, -0.05) is 0 Å². The molecule has 1 aromatic rings. The van der Waals surface area contributed by atoms with Crippen molar-refractivity contribution in [2.45, 2.75) is 19.4 Å². The number of anilines is 1. The Morgan fingerprint density at radius 3 is 2.44 bits per heavy atom. The minimum atomic E-state index is -1.64. The first-order chi connectivity index (χ1) is 7.21. The highest BCUT2D eigenvalue weighted by atomic mass is 79.9. The average Bonchev–Trinajstić information content (AvgIpc) is 2.08. The number of amides is 1. The largest absolute Gasteiger partial charge is 0.381 e. The molecule has 6 heteroatoms. The van der Waals surface area contributed by atoms with Gasteiger partial charge < -0.3 is 10.4 Å². The molecule has 0 heterocycles. The Hall–Kier alpha value is -1.01. The quantitative estimate of drug-likeness (QED) is 0.880. The van der Waals surface area contributed by atoms with Gasteiger partial charge in [-0.15, -0.1) is 0 Å². The Morgan fingerprint density at radius 2 is 2.00 bits per heavy atom. The van der Waals surface area contributed by atoms with Crippen LogP contribution in [0.3, 0.4) is 0 Å². The minimum absolute atomic E-state index is 0.0719. The zero-order chi connectivity index (χ0) is 12.5. The zero-order valence-corrected chi connectivity index (χ0v) is 10.2. The van der Waals surface area contributed by atoms with Crippen molar-refractivity contribution < 1.29 is 18.7 Å². The lowest BCUT2D eigenvalue weighted by Gasteiger charge is -2.17. The molecule has 0 fully saturated rings. The number of halogens is 3. The fourth-order valence-electron chi connectivity index (χ4n) is 0.928. The summed E-state index contributed by atoms with van der Waals surface area (Å²) >= 11 is 2.92. The zero-order valence-electron chi connectivity index (χ0n) is 8.64. The average molecular weight is 294 g/mol. The molecule has 0 radical (unpaired) electrons. The number of hydrogen-bond donors (Lipinski definition) is 2. The van der Waals surface area contributed by atoms with Crippen molar-refractivity contribution in [3.63, 3.8) is 0 Å². The first-order valence-corrected chi connectivity index (χ1v) is 5.19. The highest BCUT2D eigenvalue weighted by Gasteiger charge is 2.25. The van der Waals surface area contributed by atoms with Gasteiger partial charge in [-0.2, -0.15) is 0 Å². The smallest absolute Gasteiger partial charge is 0.255 e. The van der Waals surface area contributed by atoms with Gasteiger partial charge in [0.05, 0.1) is 5.69 Å². The van der Waals surface area contributed by atoms with Gasteiger partial charge in [0.15, 0.2) is 5.82 Å². The van der Waals surface area contributed by atoms with E-state index in [4.69, 9.17) is 0 Å². The van der Waals surface area contributed by atoms with Gasteiger partial charge in [0.2, 0.25) is 0 Å². The lowest BCUT2D eigenvalue weighted by molar-refractivity contribution is -0.130. The third-order valence-electron chi connectivity index (χ3n) is 1.80. The van der Waals surface area contributed by atoms with Crippen molar-refractivity contribution in [3.8, 4) is 0 Å². The van der Waals surface area contributed by atoms with Gasteiger partial charge in [-0.25, -0.2) is 8.78 Å². The first-order valence-electron chi connectivity index (χ1n) is 4.40. The van der Waals surface area contributed by atoms with E-state index in [-0.39, 0.29) is 10.2 Å². The lowest BCUT2D eigenvalue weighted by atomic mass is 10.1. The molecule has 0 spiro atoms. The van der Waals surface area contributed by atoms with E-state index in [2.05, 4.69) is 21.2 Å². The van der Waals surface area contributed by atoms with Crippen LogP contribution in [-0.4, -0.2) is 16.6 Å². The predicted octanol–water partition coefficient (Wildman–Crippen LogP) is 2.44. The van der Waals surface area contributed by atoms with Crippen LogP contribution in [0.15, 0.2) is 16.6 Å². The van der Waals surface area contributed by atoms with E-state index in [1.54, 1.807) is 0 Å². The minimum Gasteiger partial charge on any atom is -0.381 e. The fourth-order valence-corrected chi connectivity index (χ4v) is 1.44. The second kappa shape index (κ2) is 4.47. The Labute approximate surface area is 99.6 Å². The van der Waals surface area contributed by atoms with Crippen LogP contribution in [0.2, 0.25) is 0 Å². The summed E-state index contributed by atoms with van der Waals surface area (Å²) in [5, 5.41) is 11.5. The van der Waals surface area contributed by atoms with E-state index in [1.165, 1.54) is 13.8 Å². The van der Waals surface area contributed by atoms with E-state index in [1.807, 2.05) is 0 Å². The second-order valence-electron chi connectivity index (χ2n) is 3.76. The number of nitrogens with one attached hydrogen (secondary N) is 1. The van der Waals surface area contributed by atoms with Gasteiger partial charge in [0.25, 0.3) is 5.91 Å². The van der Waals surface area contributed by atoms with E-state index in [9.17, 15) is 18.7 Å². The van der Waals surface area contributed by atoms with Crippen molar-refractivity contribution in [2.24, 2.45) is 0 Å². The van der Waals surface area contributed by atoms with Crippen LogP contribution in [-0.2, 0) is 4.79 Å². The predicted molar refractivity (Wildman–Crippen MR) is 59.0 cm³/mol. The summed E-state index contributed by atoms with van der Waals surface area (Å²) in [6.45, 7) is 2.52. The Balaban J connectivity index is 3.03. The molecule has 0 aliphatic rings. The Morgan fingerprint density at radius 1 is 1.44 bits per heavy atom. The number of rotatable bonds is 2. The van der Waals surface area contributed by atoms with Gasteiger partial charge in [-0.05, 0) is 35.8 Å². The maximum absolute atomic E-state index is 13.3. The molecule has 0 saturated carbocycles. The third kappa shape index (κ3) is 2.99. The highest BCUT2D eigenvalue weighted by molar-refractivity contribution is 9.10. The number of benzene rings is 1. The molecular formula is C10H10BrF2NO2. The maximum Gasteiger partial charge on any atom is 0.255 e. The SMILES string of the molecule is CC(C)(O)C(=O)Nc1c(F)cc(F)cc1Br. The molecule has 1 rings (SSSR count). The summed E-state index contributed by atoms with van der Waals surface area (Å²) in [4.78, 5) is 11.4. The molecule has 0 bridgehead atoms. The summed E-state index contributed by atoms with van der Waals surface area (Å²) in [7, 11) is 0. The van der Waals surface area contributed by atoms with Crippen LogP contribution in [0.1, 0.15) is 13.8 Å². The van der Waals surface area contributed by atoms with Crippen molar-refractivity contribution in [1.29, 1.82) is 0 Å². The summed E-state index contributed by atoms with van der Waals surface area (Å²) in [5.41, 5.74) is -1.84. The van der Waals surface area contributed by atoms with Crippen molar-refractivity contribution in [1.82, 2.24) is 0 Å². The van der Waals surface area contributed by atoms with Crippen LogP contribution < -0.4 is 5.32 Å². The molecule has 0 atom stereocenters. The van der Waals surface area contributed by atoms with Crippen LogP contribution >= 0.6 is 15.9 Å². The number of hydrogen-bond acceptors (Lipinski definition) is 2. The lowest BCUT2D eigenvalue weighted by Crippen LogP contribution is -2.37. The molecule has 2 N–H and O–H groups in total.